The van der Waals surface area contributed by atoms with Crippen LogP contribution in [0.25, 0.3) is 10.1 Å². The van der Waals surface area contributed by atoms with Crippen LogP contribution < -0.4 is 10.1 Å². The summed E-state index contributed by atoms with van der Waals surface area (Å²) in [5.74, 6) is 0.982. The average molecular weight is 311 g/mol. The van der Waals surface area contributed by atoms with Gasteiger partial charge >= 0.3 is 0 Å². The van der Waals surface area contributed by atoms with Gasteiger partial charge in [0, 0.05) is 6.42 Å². The fourth-order valence-electron chi connectivity index (χ4n) is 2.65. The van der Waals surface area contributed by atoms with Crippen molar-refractivity contribution in [3.63, 3.8) is 0 Å². The summed E-state index contributed by atoms with van der Waals surface area (Å²) in [5, 5.41) is 6.59. The third-order valence-electron chi connectivity index (χ3n) is 3.78. The molecular formula is C19H21NOS. The number of rotatable bonds is 6. The van der Waals surface area contributed by atoms with Gasteiger partial charge in [0.1, 0.15) is 11.9 Å². The Hall–Kier alpha value is -1.84. The van der Waals surface area contributed by atoms with Crippen molar-refractivity contribution in [3.8, 4) is 5.75 Å². The van der Waals surface area contributed by atoms with Gasteiger partial charge in [0.25, 0.3) is 0 Å². The molecule has 3 rings (SSSR count). The zero-order valence-electron chi connectivity index (χ0n) is 13.0. The van der Waals surface area contributed by atoms with Crippen molar-refractivity contribution >= 4 is 21.4 Å². The Morgan fingerprint density at radius 3 is 2.82 bits per heavy atom. The van der Waals surface area contributed by atoms with Crippen LogP contribution in [0.5, 0.6) is 5.75 Å². The second kappa shape index (κ2) is 6.95. The average Bonchev–Trinajstić information content (AvgIpc) is 3.00. The van der Waals surface area contributed by atoms with Gasteiger partial charge in [-0.05, 0) is 49.0 Å². The van der Waals surface area contributed by atoms with E-state index < -0.39 is 0 Å². The van der Waals surface area contributed by atoms with Gasteiger partial charge in [-0.3, -0.25) is 0 Å². The lowest BCUT2D eigenvalue weighted by Crippen LogP contribution is -2.16. The summed E-state index contributed by atoms with van der Waals surface area (Å²) in [6, 6.07) is 17.0. The minimum Gasteiger partial charge on any atom is -0.484 e. The fourth-order valence-corrected chi connectivity index (χ4v) is 3.51. The predicted octanol–water partition coefficient (Wildman–Crippen LogP) is 4.94. The maximum atomic E-state index is 6.40. The molecule has 3 heteroatoms. The number of benzene rings is 2. The van der Waals surface area contributed by atoms with Gasteiger partial charge in [-0.1, -0.05) is 42.0 Å². The van der Waals surface area contributed by atoms with Gasteiger partial charge < -0.3 is 10.1 Å². The van der Waals surface area contributed by atoms with Crippen molar-refractivity contribution < 1.29 is 4.74 Å². The van der Waals surface area contributed by atoms with E-state index in [2.05, 4.69) is 66.2 Å². The third-order valence-corrected chi connectivity index (χ3v) is 4.73. The second-order valence-electron chi connectivity index (χ2n) is 5.51. The van der Waals surface area contributed by atoms with Gasteiger partial charge in [-0.15, -0.1) is 11.3 Å². The van der Waals surface area contributed by atoms with E-state index in [4.69, 9.17) is 4.74 Å². The van der Waals surface area contributed by atoms with Crippen molar-refractivity contribution in [1.29, 1.82) is 0 Å². The molecule has 114 valence electrons. The lowest BCUT2D eigenvalue weighted by atomic mass is 10.0. The van der Waals surface area contributed by atoms with E-state index in [9.17, 15) is 0 Å². The molecule has 1 heterocycles. The van der Waals surface area contributed by atoms with E-state index in [1.54, 1.807) is 11.3 Å². The van der Waals surface area contributed by atoms with Crippen molar-refractivity contribution in [1.82, 2.24) is 5.32 Å². The number of fused-ring (bicyclic) bond motifs is 1. The van der Waals surface area contributed by atoms with Crippen LogP contribution in [0.2, 0.25) is 0 Å². The molecule has 22 heavy (non-hydrogen) atoms. The van der Waals surface area contributed by atoms with Crippen LogP contribution in [0.1, 0.15) is 23.7 Å². The molecule has 0 fully saturated rings. The number of hydrogen-bond donors (Lipinski definition) is 1. The van der Waals surface area contributed by atoms with Crippen molar-refractivity contribution in [3.05, 3.63) is 65.0 Å². The molecule has 0 spiro atoms. The van der Waals surface area contributed by atoms with E-state index in [0.29, 0.717) is 0 Å². The number of thiophene rings is 1. The summed E-state index contributed by atoms with van der Waals surface area (Å²) in [4.78, 5) is 0. The molecule has 0 unspecified atom stereocenters. The molecule has 0 bridgehead atoms. The Morgan fingerprint density at radius 2 is 2.00 bits per heavy atom. The van der Waals surface area contributed by atoms with Crippen LogP contribution in [0.3, 0.4) is 0 Å². The smallest absolute Gasteiger partial charge is 0.138 e. The summed E-state index contributed by atoms with van der Waals surface area (Å²) in [6.07, 6.45) is 1.02. The standard InChI is InChI=1S/C19H21NOS/c1-14-5-3-7-16(13-14)17(9-11-20-2)21-18-8-4-6-15-10-12-22-19(15)18/h3-8,10,12-13,17,20H,9,11H2,1-2H3/t17-/m0/s1. The van der Waals surface area contributed by atoms with E-state index in [1.807, 2.05) is 7.05 Å². The van der Waals surface area contributed by atoms with E-state index in [1.165, 1.54) is 21.2 Å². The molecule has 3 aromatic rings. The molecule has 0 radical (unpaired) electrons. The molecule has 0 aliphatic rings. The Bertz CT molecular complexity index is 750. The molecular weight excluding hydrogens is 290 g/mol. The minimum absolute atomic E-state index is 0.0695. The normalized spacial score (nSPS) is 12.5. The molecule has 0 saturated carbocycles. The quantitative estimate of drug-likeness (QED) is 0.696. The number of nitrogens with one attached hydrogen (secondary N) is 1. The maximum absolute atomic E-state index is 6.40. The molecule has 2 nitrogen and oxygen atoms in total. The highest BCUT2D eigenvalue weighted by Gasteiger charge is 2.15. The van der Waals surface area contributed by atoms with Crippen molar-refractivity contribution in [2.45, 2.75) is 19.4 Å². The summed E-state index contributed by atoms with van der Waals surface area (Å²) < 4.78 is 7.63. The fraction of sp³-hybridized carbons (Fsp3) is 0.263. The number of ether oxygens (including phenoxy) is 1. The van der Waals surface area contributed by atoms with Crippen molar-refractivity contribution in [2.75, 3.05) is 13.6 Å². The van der Waals surface area contributed by atoms with Crippen LogP contribution in [0.4, 0.5) is 0 Å². The molecule has 1 atom stereocenters. The highest BCUT2D eigenvalue weighted by Crippen LogP contribution is 2.34. The topological polar surface area (TPSA) is 21.3 Å². The first kappa shape index (κ1) is 15.1. The third kappa shape index (κ3) is 3.32. The van der Waals surface area contributed by atoms with E-state index in [-0.39, 0.29) is 6.10 Å². The molecule has 0 aliphatic carbocycles. The van der Waals surface area contributed by atoms with Crippen molar-refractivity contribution in [2.24, 2.45) is 0 Å². The molecule has 1 aromatic heterocycles. The van der Waals surface area contributed by atoms with E-state index >= 15 is 0 Å². The number of hydrogen-bond acceptors (Lipinski definition) is 3. The van der Waals surface area contributed by atoms with Gasteiger partial charge in [-0.25, -0.2) is 0 Å². The Kier molecular flexibility index (Phi) is 4.76. The van der Waals surface area contributed by atoms with Gasteiger partial charge in [0.2, 0.25) is 0 Å². The zero-order chi connectivity index (χ0) is 15.4. The number of aryl methyl sites for hydroxylation is 1. The molecule has 0 saturated heterocycles. The molecule has 1 N–H and O–H groups in total. The predicted molar refractivity (Wildman–Crippen MR) is 94.9 cm³/mol. The summed E-state index contributed by atoms with van der Waals surface area (Å²) >= 11 is 1.74. The van der Waals surface area contributed by atoms with Crippen LogP contribution in [-0.4, -0.2) is 13.6 Å². The first-order chi connectivity index (χ1) is 10.8. The summed E-state index contributed by atoms with van der Waals surface area (Å²) in [7, 11) is 1.98. The Labute approximate surface area is 135 Å². The first-order valence-corrected chi connectivity index (χ1v) is 8.50. The Balaban J connectivity index is 1.91. The van der Waals surface area contributed by atoms with Crippen LogP contribution in [0, 0.1) is 6.92 Å². The highest BCUT2D eigenvalue weighted by atomic mass is 32.1. The lowest BCUT2D eigenvalue weighted by molar-refractivity contribution is 0.198. The van der Waals surface area contributed by atoms with Gasteiger partial charge in [-0.2, -0.15) is 0 Å². The van der Waals surface area contributed by atoms with E-state index in [0.717, 1.165) is 18.7 Å². The van der Waals surface area contributed by atoms with Crippen LogP contribution >= 0.6 is 11.3 Å². The maximum Gasteiger partial charge on any atom is 0.138 e. The Morgan fingerprint density at radius 1 is 1.14 bits per heavy atom. The van der Waals surface area contributed by atoms with Gasteiger partial charge in [0.05, 0.1) is 4.70 Å². The molecule has 0 aliphatic heterocycles. The first-order valence-electron chi connectivity index (χ1n) is 7.62. The van der Waals surface area contributed by atoms with Crippen LogP contribution in [-0.2, 0) is 0 Å². The molecule has 0 amide bonds. The van der Waals surface area contributed by atoms with Crippen LogP contribution in [0.15, 0.2) is 53.9 Å². The second-order valence-corrected chi connectivity index (χ2v) is 6.42. The largest absolute Gasteiger partial charge is 0.484 e. The molecule has 2 aromatic carbocycles. The van der Waals surface area contributed by atoms with Gasteiger partial charge in [0.15, 0.2) is 0 Å². The lowest BCUT2D eigenvalue weighted by Gasteiger charge is -2.20. The highest BCUT2D eigenvalue weighted by molar-refractivity contribution is 7.17. The SMILES string of the molecule is CNCC[C@H](Oc1cccc2ccsc12)c1cccc(C)c1. The zero-order valence-corrected chi connectivity index (χ0v) is 13.8. The summed E-state index contributed by atoms with van der Waals surface area (Å²) in [6.45, 7) is 3.05. The monoisotopic (exact) mass is 311 g/mol. The minimum atomic E-state index is 0.0695. The summed E-state index contributed by atoms with van der Waals surface area (Å²) in [5.41, 5.74) is 2.51.